The first-order valence-corrected chi connectivity index (χ1v) is 8.35. The summed E-state index contributed by atoms with van der Waals surface area (Å²) in [4.78, 5) is 0. The standard InChI is InChI=1S/C20H22N4O/c21-14-17-2-4-19(5-3-17)16-24-12-11-23-10-1-13-25-20-8-6-18(15-22)7-9-20/h2-9,23-24H,1,10-13,16H2. The maximum atomic E-state index is 8.75. The molecule has 2 rings (SSSR count). The van der Waals surface area contributed by atoms with Crippen LogP contribution in [0.4, 0.5) is 0 Å². The smallest absolute Gasteiger partial charge is 0.119 e. The summed E-state index contributed by atoms with van der Waals surface area (Å²) < 4.78 is 5.62. The van der Waals surface area contributed by atoms with Gasteiger partial charge in [0.25, 0.3) is 0 Å². The van der Waals surface area contributed by atoms with E-state index in [0.29, 0.717) is 17.7 Å². The number of nitriles is 2. The lowest BCUT2D eigenvalue weighted by Crippen LogP contribution is -2.28. The van der Waals surface area contributed by atoms with E-state index in [0.717, 1.165) is 38.3 Å². The van der Waals surface area contributed by atoms with E-state index in [1.165, 1.54) is 5.56 Å². The van der Waals surface area contributed by atoms with Crippen molar-refractivity contribution in [3.8, 4) is 17.9 Å². The molecule has 0 unspecified atom stereocenters. The molecule has 0 aliphatic rings. The average molecular weight is 334 g/mol. The zero-order valence-corrected chi connectivity index (χ0v) is 14.2. The van der Waals surface area contributed by atoms with Gasteiger partial charge in [0.05, 0.1) is 29.9 Å². The molecular weight excluding hydrogens is 312 g/mol. The number of rotatable bonds is 10. The Morgan fingerprint density at radius 3 is 2.00 bits per heavy atom. The fourth-order valence-electron chi connectivity index (χ4n) is 2.24. The van der Waals surface area contributed by atoms with Crippen molar-refractivity contribution < 1.29 is 4.74 Å². The maximum absolute atomic E-state index is 8.75. The van der Waals surface area contributed by atoms with Crippen LogP contribution >= 0.6 is 0 Å². The first-order valence-electron chi connectivity index (χ1n) is 8.35. The van der Waals surface area contributed by atoms with Crippen molar-refractivity contribution in [2.75, 3.05) is 26.2 Å². The van der Waals surface area contributed by atoms with E-state index in [-0.39, 0.29) is 0 Å². The Balaban J connectivity index is 1.46. The summed E-state index contributed by atoms with van der Waals surface area (Å²) in [6, 6.07) is 19.0. The summed E-state index contributed by atoms with van der Waals surface area (Å²) in [7, 11) is 0. The molecule has 0 aromatic heterocycles. The van der Waals surface area contributed by atoms with E-state index >= 15 is 0 Å². The van der Waals surface area contributed by atoms with Crippen LogP contribution in [-0.2, 0) is 6.54 Å². The van der Waals surface area contributed by atoms with Gasteiger partial charge < -0.3 is 15.4 Å². The average Bonchev–Trinajstić information content (AvgIpc) is 2.67. The summed E-state index contributed by atoms with van der Waals surface area (Å²) in [5.74, 6) is 0.795. The fourth-order valence-corrected chi connectivity index (χ4v) is 2.24. The van der Waals surface area contributed by atoms with Gasteiger partial charge in [-0.3, -0.25) is 0 Å². The lowest BCUT2D eigenvalue weighted by Gasteiger charge is -2.08. The monoisotopic (exact) mass is 334 g/mol. The van der Waals surface area contributed by atoms with Crippen molar-refractivity contribution in [3.05, 3.63) is 65.2 Å². The van der Waals surface area contributed by atoms with Crippen LogP contribution in [0.3, 0.4) is 0 Å². The molecule has 0 atom stereocenters. The molecule has 0 aliphatic heterocycles. The van der Waals surface area contributed by atoms with Gasteiger partial charge in [-0.25, -0.2) is 0 Å². The second-order valence-electron chi connectivity index (χ2n) is 5.57. The molecule has 0 amide bonds. The molecule has 2 aromatic carbocycles. The minimum absolute atomic E-state index is 0.641. The Morgan fingerprint density at radius 1 is 0.760 bits per heavy atom. The van der Waals surface area contributed by atoms with E-state index < -0.39 is 0 Å². The van der Waals surface area contributed by atoms with Gasteiger partial charge in [0.2, 0.25) is 0 Å². The molecule has 0 bridgehead atoms. The molecule has 0 fully saturated rings. The van der Waals surface area contributed by atoms with E-state index in [1.807, 2.05) is 36.4 Å². The second kappa shape index (κ2) is 10.8. The minimum Gasteiger partial charge on any atom is -0.494 e. The lowest BCUT2D eigenvalue weighted by atomic mass is 10.1. The van der Waals surface area contributed by atoms with E-state index in [9.17, 15) is 0 Å². The number of nitrogens with zero attached hydrogens (tertiary/aromatic N) is 2. The predicted molar refractivity (Wildman–Crippen MR) is 97.0 cm³/mol. The summed E-state index contributed by atoms with van der Waals surface area (Å²) in [6.07, 6.45) is 0.926. The van der Waals surface area contributed by atoms with Crippen LogP contribution in [0.2, 0.25) is 0 Å². The summed E-state index contributed by atoms with van der Waals surface area (Å²) in [5.41, 5.74) is 2.51. The van der Waals surface area contributed by atoms with Crippen LogP contribution in [0.15, 0.2) is 48.5 Å². The van der Waals surface area contributed by atoms with Crippen LogP contribution in [-0.4, -0.2) is 26.2 Å². The normalized spacial score (nSPS) is 10.0. The number of nitrogens with one attached hydrogen (secondary N) is 2. The highest BCUT2D eigenvalue weighted by Gasteiger charge is 1.96. The van der Waals surface area contributed by atoms with Crippen LogP contribution < -0.4 is 15.4 Å². The Labute approximate surface area is 148 Å². The highest BCUT2D eigenvalue weighted by molar-refractivity contribution is 5.34. The Kier molecular flexibility index (Phi) is 8.00. The zero-order valence-electron chi connectivity index (χ0n) is 14.2. The van der Waals surface area contributed by atoms with Gasteiger partial charge in [0.15, 0.2) is 0 Å². The number of ether oxygens (including phenoxy) is 1. The third-order valence-corrected chi connectivity index (χ3v) is 3.64. The van der Waals surface area contributed by atoms with E-state index in [4.69, 9.17) is 15.3 Å². The van der Waals surface area contributed by atoms with Gasteiger partial charge in [-0.05, 0) is 54.9 Å². The molecular formula is C20H22N4O. The van der Waals surface area contributed by atoms with Crippen LogP contribution in [0, 0.1) is 22.7 Å². The van der Waals surface area contributed by atoms with E-state index in [2.05, 4.69) is 22.8 Å². The highest BCUT2D eigenvalue weighted by Crippen LogP contribution is 2.11. The molecule has 0 radical (unpaired) electrons. The first-order chi connectivity index (χ1) is 12.3. The van der Waals surface area contributed by atoms with E-state index in [1.54, 1.807) is 12.1 Å². The quantitative estimate of drug-likeness (QED) is 0.653. The second-order valence-corrected chi connectivity index (χ2v) is 5.57. The molecule has 0 spiro atoms. The van der Waals surface area contributed by atoms with Gasteiger partial charge in [0, 0.05) is 19.6 Å². The predicted octanol–water partition coefficient (Wildman–Crippen LogP) is 2.58. The largest absolute Gasteiger partial charge is 0.494 e. The number of benzene rings is 2. The van der Waals surface area contributed by atoms with Crippen LogP contribution in [0.25, 0.3) is 0 Å². The summed E-state index contributed by atoms with van der Waals surface area (Å²) >= 11 is 0. The molecule has 0 heterocycles. The Bertz CT molecular complexity index is 648. The Morgan fingerprint density at radius 2 is 1.36 bits per heavy atom. The SMILES string of the molecule is N#Cc1ccc(CNCCNCCCOc2ccc(C#N)cc2)cc1. The molecule has 5 heteroatoms. The van der Waals surface area contributed by atoms with Crippen molar-refractivity contribution in [1.29, 1.82) is 10.5 Å². The molecule has 0 saturated heterocycles. The van der Waals surface area contributed by atoms with Gasteiger partial charge in [-0.2, -0.15) is 10.5 Å². The van der Waals surface area contributed by atoms with Gasteiger partial charge in [-0.1, -0.05) is 12.1 Å². The van der Waals surface area contributed by atoms with Crippen LogP contribution in [0.1, 0.15) is 23.1 Å². The van der Waals surface area contributed by atoms with Gasteiger partial charge in [-0.15, -0.1) is 0 Å². The topological polar surface area (TPSA) is 80.9 Å². The summed E-state index contributed by atoms with van der Waals surface area (Å²) in [6.45, 7) is 4.13. The highest BCUT2D eigenvalue weighted by atomic mass is 16.5. The number of hydrogen-bond donors (Lipinski definition) is 2. The third kappa shape index (κ3) is 7.05. The van der Waals surface area contributed by atoms with Gasteiger partial charge in [0.1, 0.15) is 5.75 Å². The van der Waals surface area contributed by atoms with Crippen molar-refractivity contribution in [2.24, 2.45) is 0 Å². The number of hydrogen-bond acceptors (Lipinski definition) is 5. The third-order valence-electron chi connectivity index (χ3n) is 3.64. The Hall–Kier alpha value is -2.86. The molecule has 0 aliphatic carbocycles. The zero-order chi connectivity index (χ0) is 17.7. The van der Waals surface area contributed by atoms with Gasteiger partial charge >= 0.3 is 0 Å². The first kappa shape index (κ1) is 18.5. The maximum Gasteiger partial charge on any atom is 0.119 e. The molecule has 128 valence electrons. The minimum atomic E-state index is 0.641. The molecule has 0 saturated carbocycles. The molecule has 25 heavy (non-hydrogen) atoms. The van der Waals surface area contributed by atoms with Crippen LogP contribution in [0.5, 0.6) is 5.75 Å². The van der Waals surface area contributed by atoms with Crippen molar-refractivity contribution in [2.45, 2.75) is 13.0 Å². The summed E-state index contributed by atoms with van der Waals surface area (Å²) in [5, 5.41) is 24.2. The van der Waals surface area contributed by atoms with Crippen molar-refractivity contribution in [3.63, 3.8) is 0 Å². The fraction of sp³-hybridized carbons (Fsp3) is 0.300. The molecule has 2 aromatic rings. The lowest BCUT2D eigenvalue weighted by molar-refractivity contribution is 0.308. The molecule has 5 nitrogen and oxygen atoms in total. The van der Waals surface area contributed by atoms with Crippen molar-refractivity contribution in [1.82, 2.24) is 10.6 Å². The van der Waals surface area contributed by atoms with Crippen molar-refractivity contribution >= 4 is 0 Å². The molecule has 2 N–H and O–H groups in total.